The number of esters is 1. The molecule has 2 rings (SSSR count). The van der Waals surface area contributed by atoms with Gasteiger partial charge < -0.3 is 9.47 Å². The number of hydroxylamine groups is 1. The van der Waals surface area contributed by atoms with Crippen molar-refractivity contribution in [2.75, 3.05) is 6.61 Å². The van der Waals surface area contributed by atoms with Gasteiger partial charge in [-0.15, -0.1) is 0 Å². The van der Waals surface area contributed by atoms with Gasteiger partial charge in [-0.3, -0.25) is 14.9 Å². The molecular weight excluding hydrogens is 432 g/mol. The lowest BCUT2D eigenvalue weighted by Gasteiger charge is -2.33. The molecule has 7 heteroatoms. The Hall–Kier alpha value is -2.22. The lowest BCUT2D eigenvalue weighted by Crippen LogP contribution is -2.54. The van der Waals surface area contributed by atoms with Crippen LogP contribution < -0.4 is 10.8 Å². The molecule has 0 aromatic heterocycles. The van der Waals surface area contributed by atoms with E-state index in [1.165, 1.54) is 6.08 Å². The largest absolute Gasteiger partial charge is 0.461 e. The van der Waals surface area contributed by atoms with Gasteiger partial charge in [-0.25, -0.2) is 10.3 Å². The van der Waals surface area contributed by atoms with Crippen molar-refractivity contribution in [2.24, 2.45) is 11.8 Å². The summed E-state index contributed by atoms with van der Waals surface area (Å²) in [4.78, 5) is 30.0. The molecule has 34 heavy (non-hydrogen) atoms. The molecule has 1 amide bonds. The Balaban J connectivity index is 1.83. The summed E-state index contributed by atoms with van der Waals surface area (Å²) < 4.78 is 11.2. The first-order chi connectivity index (χ1) is 16.1. The van der Waals surface area contributed by atoms with Crippen molar-refractivity contribution in [1.82, 2.24) is 10.8 Å². The van der Waals surface area contributed by atoms with E-state index in [1.54, 1.807) is 13.0 Å². The molecule has 1 saturated carbocycles. The summed E-state index contributed by atoms with van der Waals surface area (Å²) in [6.07, 6.45) is 6.85. The number of carbonyl (C=O) groups excluding carboxylic acids is 2. The van der Waals surface area contributed by atoms with Gasteiger partial charge in [0.15, 0.2) is 6.29 Å². The van der Waals surface area contributed by atoms with Crippen LogP contribution in [0.2, 0.25) is 0 Å². The SMILES string of the molecule is CC(C)COC(C)ONC(=O)C=Cc1ccc(CNC(C)(C(=O)OC2CCCC2)C(C)C)cc1. The van der Waals surface area contributed by atoms with Crippen molar-refractivity contribution in [2.45, 2.75) is 91.7 Å². The molecule has 1 fully saturated rings. The quantitative estimate of drug-likeness (QED) is 0.186. The predicted octanol–water partition coefficient (Wildman–Crippen LogP) is 4.76. The summed E-state index contributed by atoms with van der Waals surface area (Å²) >= 11 is 0. The van der Waals surface area contributed by atoms with Gasteiger partial charge in [0.25, 0.3) is 5.91 Å². The molecule has 0 heterocycles. The molecule has 190 valence electrons. The highest BCUT2D eigenvalue weighted by Crippen LogP contribution is 2.26. The minimum Gasteiger partial charge on any atom is -0.461 e. The number of benzene rings is 1. The fourth-order valence-corrected chi connectivity index (χ4v) is 3.53. The van der Waals surface area contributed by atoms with Crippen LogP contribution in [0.3, 0.4) is 0 Å². The van der Waals surface area contributed by atoms with Crippen molar-refractivity contribution in [3.05, 3.63) is 41.5 Å². The van der Waals surface area contributed by atoms with Crippen molar-refractivity contribution in [3.8, 4) is 0 Å². The number of hydrogen-bond donors (Lipinski definition) is 2. The predicted molar refractivity (Wildman–Crippen MR) is 133 cm³/mol. The molecule has 7 nitrogen and oxygen atoms in total. The van der Waals surface area contributed by atoms with Gasteiger partial charge >= 0.3 is 5.97 Å². The van der Waals surface area contributed by atoms with E-state index < -0.39 is 11.8 Å². The molecular formula is C27H42N2O5. The zero-order valence-electron chi connectivity index (χ0n) is 21.6. The zero-order chi connectivity index (χ0) is 25.1. The second kappa shape index (κ2) is 13.6. The van der Waals surface area contributed by atoms with Crippen LogP contribution in [0, 0.1) is 11.8 Å². The molecule has 1 aromatic carbocycles. The number of hydrogen-bond acceptors (Lipinski definition) is 6. The van der Waals surface area contributed by atoms with Crippen LogP contribution in [0.1, 0.15) is 78.4 Å². The van der Waals surface area contributed by atoms with Crippen LogP contribution in [0.25, 0.3) is 6.08 Å². The van der Waals surface area contributed by atoms with Gasteiger partial charge in [0, 0.05) is 12.6 Å². The molecule has 1 aliphatic rings. The highest BCUT2D eigenvalue weighted by Gasteiger charge is 2.39. The molecule has 0 spiro atoms. The molecule has 0 bridgehead atoms. The van der Waals surface area contributed by atoms with Crippen molar-refractivity contribution >= 4 is 18.0 Å². The van der Waals surface area contributed by atoms with E-state index in [0.717, 1.165) is 36.8 Å². The average Bonchev–Trinajstić information content (AvgIpc) is 3.31. The van der Waals surface area contributed by atoms with Gasteiger partial charge in [0.05, 0.1) is 6.61 Å². The fraction of sp³-hybridized carbons (Fsp3) is 0.630. The zero-order valence-corrected chi connectivity index (χ0v) is 21.6. The average molecular weight is 475 g/mol. The molecule has 1 aromatic rings. The van der Waals surface area contributed by atoms with E-state index in [1.807, 2.05) is 58.9 Å². The van der Waals surface area contributed by atoms with Gasteiger partial charge in [-0.05, 0) is 68.6 Å². The molecule has 0 aliphatic heterocycles. The Bertz CT molecular complexity index is 800. The van der Waals surface area contributed by atoms with Gasteiger partial charge in [-0.2, -0.15) is 0 Å². The number of amides is 1. The molecule has 2 unspecified atom stereocenters. The normalized spacial score (nSPS) is 17.3. The number of ether oxygens (including phenoxy) is 2. The second-order valence-electron chi connectivity index (χ2n) is 9.98. The first-order valence-corrected chi connectivity index (χ1v) is 12.4. The topological polar surface area (TPSA) is 85.9 Å². The maximum atomic E-state index is 12.9. The van der Waals surface area contributed by atoms with E-state index in [0.29, 0.717) is 19.1 Å². The molecule has 0 radical (unpaired) electrons. The van der Waals surface area contributed by atoms with Crippen LogP contribution in [-0.4, -0.2) is 36.4 Å². The number of carbonyl (C=O) groups is 2. The minimum atomic E-state index is -0.755. The van der Waals surface area contributed by atoms with E-state index >= 15 is 0 Å². The molecule has 2 N–H and O–H groups in total. The lowest BCUT2D eigenvalue weighted by atomic mass is 9.88. The maximum Gasteiger partial charge on any atom is 0.326 e. The lowest BCUT2D eigenvalue weighted by molar-refractivity contribution is -0.180. The van der Waals surface area contributed by atoms with Crippen LogP contribution in [0.15, 0.2) is 30.3 Å². The molecule has 2 atom stereocenters. The third kappa shape index (κ3) is 9.20. The van der Waals surface area contributed by atoms with Gasteiger partial charge in [0.2, 0.25) is 0 Å². The van der Waals surface area contributed by atoms with Crippen molar-refractivity contribution in [1.29, 1.82) is 0 Å². The minimum absolute atomic E-state index is 0.0526. The van der Waals surface area contributed by atoms with E-state index in [4.69, 9.17) is 14.3 Å². The van der Waals surface area contributed by atoms with Crippen molar-refractivity contribution in [3.63, 3.8) is 0 Å². The number of rotatable bonds is 13. The Morgan fingerprint density at radius 2 is 1.74 bits per heavy atom. The number of nitrogens with one attached hydrogen (secondary N) is 2. The second-order valence-corrected chi connectivity index (χ2v) is 9.98. The summed E-state index contributed by atoms with van der Waals surface area (Å²) in [5, 5.41) is 3.41. The first kappa shape index (κ1) is 28.0. The Morgan fingerprint density at radius 3 is 2.32 bits per heavy atom. The third-order valence-electron chi connectivity index (χ3n) is 6.21. The van der Waals surface area contributed by atoms with E-state index in [9.17, 15) is 9.59 Å². The standard InChI is InChI=1S/C27H42N2O5/c1-19(2)18-32-21(5)34-29-25(30)16-15-22-11-13-23(14-12-22)17-28-27(6,20(3)4)26(31)33-24-9-7-8-10-24/h11-16,19-21,24,28H,7-10,17-18H2,1-6H3,(H,29,30). The monoisotopic (exact) mass is 474 g/mol. The van der Waals surface area contributed by atoms with E-state index in [2.05, 4.69) is 10.8 Å². The van der Waals surface area contributed by atoms with Crippen LogP contribution >= 0.6 is 0 Å². The van der Waals surface area contributed by atoms with Crippen LogP contribution in [0.5, 0.6) is 0 Å². The Kier molecular flexibility index (Phi) is 11.2. The van der Waals surface area contributed by atoms with Gasteiger partial charge in [-0.1, -0.05) is 52.0 Å². The fourth-order valence-electron chi connectivity index (χ4n) is 3.53. The van der Waals surface area contributed by atoms with Crippen LogP contribution in [0.4, 0.5) is 0 Å². The summed E-state index contributed by atoms with van der Waals surface area (Å²) in [7, 11) is 0. The summed E-state index contributed by atoms with van der Waals surface area (Å²) in [6, 6.07) is 7.82. The van der Waals surface area contributed by atoms with Crippen molar-refractivity contribution < 1.29 is 23.9 Å². The Labute approximate surface area is 204 Å². The smallest absolute Gasteiger partial charge is 0.326 e. The third-order valence-corrected chi connectivity index (χ3v) is 6.21. The summed E-state index contributed by atoms with van der Waals surface area (Å²) in [6.45, 7) is 12.9. The highest BCUT2D eigenvalue weighted by atomic mass is 16.8. The van der Waals surface area contributed by atoms with E-state index in [-0.39, 0.29) is 23.9 Å². The summed E-state index contributed by atoms with van der Waals surface area (Å²) in [5.74, 6) is -0.0576. The Morgan fingerprint density at radius 1 is 1.09 bits per heavy atom. The maximum absolute atomic E-state index is 12.9. The highest BCUT2D eigenvalue weighted by molar-refractivity contribution is 5.90. The molecule has 1 aliphatic carbocycles. The van der Waals surface area contributed by atoms with Gasteiger partial charge in [0.1, 0.15) is 11.6 Å². The first-order valence-electron chi connectivity index (χ1n) is 12.4. The molecule has 0 saturated heterocycles. The summed E-state index contributed by atoms with van der Waals surface area (Å²) in [5.41, 5.74) is 3.54. The van der Waals surface area contributed by atoms with Crippen LogP contribution in [-0.2, 0) is 30.4 Å².